The molecule has 6 heteroatoms. The third-order valence-corrected chi connectivity index (χ3v) is 2.89. The van der Waals surface area contributed by atoms with E-state index in [-0.39, 0.29) is 5.69 Å². The molecule has 0 saturated heterocycles. The van der Waals surface area contributed by atoms with Gasteiger partial charge in [0.2, 0.25) is 0 Å². The van der Waals surface area contributed by atoms with Crippen LogP contribution in [0.4, 0.5) is 14.9 Å². The average molecular weight is 291 g/mol. The number of methoxy groups -OCH3 is 2. The van der Waals surface area contributed by atoms with Crippen molar-refractivity contribution < 1.29 is 23.8 Å². The van der Waals surface area contributed by atoms with Crippen LogP contribution in [-0.4, -0.2) is 25.4 Å². The molecule has 0 atom stereocenters. The Kier molecular flexibility index (Phi) is 4.27. The first-order valence-electron chi connectivity index (χ1n) is 6.06. The number of carbonyl (C=O) groups is 1. The Morgan fingerprint density at radius 1 is 1.10 bits per heavy atom. The lowest BCUT2D eigenvalue weighted by Gasteiger charge is -2.12. The largest absolute Gasteiger partial charge is 0.497 e. The summed E-state index contributed by atoms with van der Waals surface area (Å²) in [6.07, 6.45) is -1.22. The van der Waals surface area contributed by atoms with E-state index in [1.165, 1.54) is 32.4 Å². The van der Waals surface area contributed by atoms with Crippen molar-refractivity contribution in [1.82, 2.24) is 0 Å². The Hall–Kier alpha value is -2.76. The maximum Gasteiger partial charge on any atom is 0.409 e. The van der Waals surface area contributed by atoms with Crippen molar-refractivity contribution in [2.24, 2.45) is 0 Å². The molecular formula is C15H14FNO4. The molecule has 2 aromatic carbocycles. The molecule has 0 spiro atoms. The van der Waals surface area contributed by atoms with E-state index in [1.54, 1.807) is 18.2 Å². The van der Waals surface area contributed by atoms with Gasteiger partial charge in [-0.05, 0) is 35.9 Å². The summed E-state index contributed by atoms with van der Waals surface area (Å²) >= 11 is 0. The Labute approximate surface area is 120 Å². The van der Waals surface area contributed by atoms with Crippen molar-refractivity contribution in [2.45, 2.75) is 0 Å². The highest BCUT2D eigenvalue weighted by Gasteiger charge is 2.11. The smallest absolute Gasteiger partial charge is 0.409 e. The van der Waals surface area contributed by atoms with Gasteiger partial charge < -0.3 is 14.6 Å². The molecule has 0 bridgehead atoms. The number of carboxylic acid groups (broad SMARTS) is 1. The van der Waals surface area contributed by atoms with Crippen LogP contribution in [0.3, 0.4) is 0 Å². The topological polar surface area (TPSA) is 67.8 Å². The Morgan fingerprint density at radius 3 is 2.24 bits per heavy atom. The highest BCUT2D eigenvalue weighted by molar-refractivity contribution is 5.90. The van der Waals surface area contributed by atoms with E-state index in [0.29, 0.717) is 22.6 Å². The molecule has 0 saturated carbocycles. The number of rotatable bonds is 4. The molecule has 0 aliphatic carbocycles. The van der Waals surface area contributed by atoms with E-state index in [2.05, 4.69) is 5.32 Å². The summed E-state index contributed by atoms with van der Waals surface area (Å²) in [7, 11) is 3.00. The summed E-state index contributed by atoms with van der Waals surface area (Å²) in [5.41, 5.74) is 1.25. The summed E-state index contributed by atoms with van der Waals surface area (Å²) in [5.74, 6) is 0.576. The van der Waals surface area contributed by atoms with Crippen LogP contribution in [0.15, 0.2) is 36.4 Å². The summed E-state index contributed by atoms with van der Waals surface area (Å²) in [5, 5.41) is 11.1. The minimum atomic E-state index is -1.22. The third-order valence-electron chi connectivity index (χ3n) is 2.89. The molecule has 0 aliphatic rings. The molecular weight excluding hydrogens is 277 g/mol. The van der Waals surface area contributed by atoms with E-state index in [0.717, 1.165) is 0 Å². The zero-order valence-electron chi connectivity index (χ0n) is 11.5. The minimum Gasteiger partial charge on any atom is -0.497 e. The van der Waals surface area contributed by atoms with Gasteiger partial charge in [-0.1, -0.05) is 0 Å². The van der Waals surface area contributed by atoms with Gasteiger partial charge in [-0.2, -0.15) is 0 Å². The average Bonchev–Trinajstić information content (AvgIpc) is 2.48. The lowest BCUT2D eigenvalue weighted by atomic mass is 10.0. The van der Waals surface area contributed by atoms with Crippen LogP contribution in [-0.2, 0) is 0 Å². The van der Waals surface area contributed by atoms with Gasteiger partial charge in [0, 0.05) is 11.6 Å². The number of benzene rings is 2. The van der Waals surface area contributed by atoms with Crippen LogP contribution >= 0.6 is 0 Å². The molecule has 2 aromatic rings. The van der Waals surface area contributed by atoms with Gasteiger partial charge in [-0.25, -0.2) is 9.18 Å². The van der Waals surface area contributed by atoms with Gasteiger partial charge >= 0.3 is 6.09 Å². The van der Waals surface area contributed by atoms with Crippen molar-refractivity contribution in [3.8, 4) is 22.6 Å². The normalized spacial score (nSPS) is 10.0. The summed E-state index contributed by atoms with van der Waals surface area (Å²) in [4.78, 5) is 10.8. The fraction of sp³-hybridized carbons (Fsp3) is 0.133. The van der Waals surface area contributed by atoms with Crippen molar-refractivity contribution in [3.05, 3.63) is 42.2 Å². The summed E-state index contributed by atoms with van der Waals surface area (Å²) in [6, 6.07) is 8.82. The molecule has 0 radical (unpaired) electrons. The summed E-state index contributed by atoms with van der Waals surface area (Å²) < 4.78 is 23.8. The predicted octanol–water partition coefficient (Wildman–Crippen LogP) is 3.60. The number of ether oxygens (including phenoxy) is 2. The van der Waals surface area contributed by atoms with Gasteiger partial charge in [0.25, 0.3) is 0 Å². The second-order valence-corrected chi connectivity index (χ2v) is 4.22. The molecule has 2 N–H and O–H groups in total. The van der Waals surface area contributed by atoms with E-state index >= 15 is 0 Å². The maximum absolute atomic E-state index is 13.5. The highest BCUT2D eigenvalue weighted by Crippen LogP contribution is 2.34. The Balaban J connectivity index is 2.59. The SMILES string of the molecule is COc1cc(OC)cc(-c2cc(F)ccc2NC(=O)O)c1. The number of anilines is 1. The number of hydrogen-bond donors (Lipinski definition) is 2. The number of nitrogens with one attached hydrogen (secondary N) is 1. The molecule has 5 nitrogen and oxygen atoms in total. The Bertz CT molecular complexity index is 650. The Morgan fingerprint density at radius 2 is 1.71 bits per heavy atom. The van der Waals surface area contributed by atoms with Crippen molar-refractivity contribution in [1.29, 1.82) is 0 Å². The second kappa shape index (κ2) is 6.13. The maximum atomic E-state index is 13.5. The van der Waals surface area contributed by atoms with Gasteiger partial charge in [-0.3, -0.25) is 5.32 Å². The van der Waals surface area contributed by atoms with Gasteiger partial charge in [-0.15, -0.1) is 0 Å². The number of amides is 1. The molecule has 2 rings (SSSR count). The van der Waals surface area contributed by atoms with E-state index in [9.17, 15) is 9.18 Å². The molecule has 1 amide bonds. The van der Waals surface area contributed by atoms with E-state index < -0.39 is 11.9 Å². The fourth-order valence-electron chi connectivity index (χ4n) is 1.94. The predicted molar refractivity (Wildman–Crippen MR) is 76.6 cm³/mol. The van der Waals surface area contributed by atoms with Crippen LogP contribution in [0.1, 0.15) is 0 Å². The van der Waals surface area contributed by atoms with Crippen molar-refractivity contribution in [3.63, 3.8) is 0 Å². The zero-order chi connectivity index (χ0) is 15.4. The molecule has 0 aliphatic heterocycles. The van der Waals surface area contributed by atoms with E-state index in [4.69, 9.17) is 14.6 Å². The zero-order valence-corrected chi connectivity index (χ0v) is 11.5. The van der Waals surface area contributed by atoms with Crippen LogP contribution in [0, 0.1) is 5.82 Å². The van der Waals surface area contributed by atoms with Crippen molar-refractivity contribution in [2.75, 3.05) is 19.5 Å². The fourth-order valence-corrected chi connectivity index (χ4v) is 1.94. The quantitative estimate of drug-likeness (QED) is 0.903. The second-order valence-electron chi connectivity index (χ2n) is 4.22. The molecule has 21 heavy (non-hydrogen) atoms. The molecule has 0 heterocycles. The molecule has 0 aromatic heterocycles. The van der Waals surface area contributed by atoms with Crippen LogP contribution in [0.5, 0.6) is 11.5 Å². The van der Waals surface area contributed by atoms with Crippen LogP contribution in [0.25, 0.3) is 11.1 Å². The summed E-state index contributed by atoms with van der Waals surface area (Å²) in [6.45, 7) is 0. The first-order valence-corrected chi connectivity index (χ1v) is 6.06. The number of hydrogen-bond acceptors (Lipinski definition) is 3. The number of halogens is 1. The third kappa shape index (κ3) is 3.42. The van der Waals surface area contributed by atoms with Crippen molar-refractivity contribution >= 4 is 11.8 Å². The monoisotopic (exact) mass is 291 g/mol. The first kappa shape index (κ1) is 14.6. The molecule has 0 unspecified atom stereocenters. The van der Waals surface area contributed by atoms with Crippen LogP contribution < -0.4 is 14.8 Å². The van der Waals surface area contributed by atoms with E-state index in [1.807, 2.05) is 0 Å². The highest BCUT2D eigenvalue weighted by atomic mass is 19.1. The van der Waals surface area contributed by atoms with Gasteiger partial charge in [0.15, 0.2) is 0 Å². The lowest BCUT2D eigenvalue weighted by Crippen LogP contribution is -2.08. The molecule has 110 valence electrons. The van der Waals surface area contributed by atoms with Crippen LogP contribution in [0.2, 0.25) is 0 Å². The first-order chi connectivity index (χ1) is 10.0. The van der Waals surface area contributed by atoms with Gasteiger partial charge in [0.05, 0.1) is 19.9 Å². The lowest BCUT2D eigenvalue weighted by molar-refractivity contribution is 0.210. The molecule has 0 fully saturated rings. The minimum absolute atomic E-state index is 0.277. The standard InChI is InChI=1S/C15H14FNO4/c1-20-11-5-9(6-12(8-11)21-2)13-7-10(16)3-4-14(13)17-15(18)19/h3-8,17H,1-2H3,(H,18,19). The van der Waals surface area contributed by atoms with Gasteiger partial charge in [0.1, 0.15) is 17.3 Å².